The van der Waals surface area contributed by atoms with E-state index in [-0.39, 0.29) is 5.97 Å². The van der Waals surface area contributed by atoms with Gasteiger partial charge in [-0.3, -0.25) is 0 Å². The van der Waals surface area contributed by atoms with Gasteiger partial charge in [0.05, 0.1) is 13.7 Å². The van der Waals surface area contributed by atoms with E-state index >= 15 is 0 Å². The van der Waals surface area contributed by atoms with Gasteiger partial charge in [-0.25, -0.2) is 4.79 Å². The average Bonchev–Trinajstić information content (AvgIpc) is 3.28. The number of esters is 1. The first-order chi connectivity index (χ1) is 9.72. The molecule has 0 aliphatic heterocycles. The Kier molecular flexibility index (Phi) is 4.89. The van der Waals surface area contributed by atoms with Crippen LogP contribution < -0.4 is 10.1 Å². The van der Waals surface area contributed by atoms with Gasteiger partial charge in [-0.1, -0.05) is 11.8 Å². The molecule has 1 fully saturated rings. The fourth-order valence-electron chi connectivity index (χ4n) is 1.66. The number of rotatable bonds is 5. The van der Waals surface area contributed by atoms with Crippen molar-refractivity contribution in [2.45, 2.75) is 25.8 Å². The maximum atomic E-state index is 11.9. The van der Waals surface area contributed by atoms with E-state index in [9.17, 15) is 4.79 Å². The maximum Gasteiger partial charge on any atom is 0.341 e. The normalized spacial score (nSPS) is 14.7. The zero-order chi connectivity index (χ0) is 14.4. The quantitative estimate of drug-likeness (QED) is 0.661. The van der Waals surface area contributed by atoms with Crippen LogP contribution in [0.1, 0.15) is 19.8 Å². The van der Waals surface area contributed by atoms with Crippen LogP contribution in [-0.4, -0.2) is 25.7 Å². The number of hydrogen-bond donors (Lipinski definition) is 1. The SMILES string of the molecule is CCOC(=O)[C@H](C#CC1CC1)Nc1ccc(OC)cc1. The van der Waals surface area contributed by atoms with Crippen molar-refractivity contribution in [3.8, 4) is 17.6 Å². The van der Waals surface area contributed by atoms with Crippen molar-refractivity contribution < 1.29 is 14.3 Å². The number of carbonyl (C=O) groups is 1. The largest absolute Gasteiger partial charge is 0.497 e. The molecule has 1 saturated carbocycles. The second kappa shape index (κ2) is 6.85. The fourth-order valence-corrected chi connectivity index (χ4v) is 1.66. The van der Waals surface area contributed by atoms with Crippen LogP contribution in [0.25, 0.3) is 0 Å². The first kappa shape index (κ1) is 14.3. The van der Waals surface area contributed by atoms with Crippen molar-refractivity contribution in [1.29, 1.82) is 0 Å². The molecule has 0 amide bonds. The Balaban J connectivity index is 2.05. The Labute approximate surface area is 119 Å². The van der Waals surface area contributed by atoms with Crippen molar-refractivity contribution >= 4 is 11.7 Å². The van der Waals surface area contributed by atoms with Crippen molar-refractivity contribution in [2.24, 2.45) is 5.92 Å². The summed E-state index contributed by atoms with van der Waals surface area (Å²) in [6.45, 7) is 2.14. The molecule has 1 N–H and O–H groups in total. The summed E-state index contributed by atoms with van der Waals surface area (Å²) in [5.41, 5.74) is 0.814. The van der Waals surface area contributed by atoms with Crippen LogP contribution in [-0.2, 0) is 9.53 Å². The van der Waals surface area contributed by atoms with Gasteiger partial charge in [0.2, 0.25) is 0 Å². The number of hydrogen-bond acceptors (Lipinski definition) is 4. The van der Waals surface area contributed by atoms with Crippen LogP contribution in [0.3, 0.4) is 0 Å². The molecule has 0 aromatic heterocycles. The van der Waals surface area contributed by atoms with Gasteiger partial charge in [0.25, 0.3) is 0 Å². The number of ether oxygens (including phenoxy) is 2. The first-order valence-corrected chi connectivity index (χ1v) is 6.81. The van der Waals surface area contributed by atoms with Gasteiger partial charge in [-0.2, -0.15) is 0 Å². The van der Waals surface area contributed by atoms with Crippen LogP contribution >= 0.6 is 0 Å². The summed E-state index contributed by atoms with van der Waals surface area (Å²) in [4.78, 5) is 11.9. The van der Waals surface area contributed by atoms with Crippen LogP contribution in [0.4, 0.5) is 5.69 Å². The van der Waals surface area contributed by atoms with E-state index in [1.54, 1.807) is 14.0 Å². The van der Waals surface area contributed by atoms with Crippen molar-refractivity contribution in [1.82, 2.24) is 0 Å². The molecule has 1 aromatic rings. The third-order valence-electron chi connectivity index (χ3n) is 2.93. The molecule has 1 aliphatic rings. The van der Waals surface area contributed by atoms with E-state index in [0.29, 0.717) is 12.5 Å². The van der Waals surface area contributed by atoms with E-state index in [0.717, 1.165) is 24.3 Å². The summed E-state index contributed by atoms with van der Waals surface area (Å²) in [6, 6.07) is 6.75. The van der Waals surface area contributed by atoms with E-state index in [4.69, 9.17) is 9.47 Å². The van der Waals surface area contributed by atoms with Crippen LogP contribution in [0, 0.1) is 17.8 Å². The predicted octanol–water partition coefficient (Wildman–Crippen LogP) is 2.45. The highest BCUT2D eigenvalue weighted by Gasteiger charge is 2.21. The second-order valence-electron chi connectivity index (χ2n) is 4.62. The van der Waals surface area contributed by atoms with Gasteiger partial charge in [0.15, 0.2) is 6.04 Å². The standard InChI is InChI=1S/C16H19NO3/c1-3-20-16(18)15(11-6-12-4-5-12)17-13-7-9-14(19-2)10-8-13/h7-10,12,15,17H,3-5H2,1-2H3/t15-/m0/s1. The second-order valence-corrected chi connectivity index (χ2v) is 4.62. The lowest BCUT2D eigenvalue weighted by molar-refractivity contribution is -0.142. The molecule has 4 heteroatoms. The van der Waals surface area contributed by atoms with Gasteiger partial charge in [-0.05, 0) is 44.0 Å². The summed E-state index contributed by atoms with van der Waals surface area (Å²) in [7, 11) is 1.62. The minimum absolute atomic E-state index is 0.337. The lowest BCUT2D eigenvalue weighted by Crippen LogP contribution is -2.30. The molecular weight excluding hydrogens is 254 g/mol. The highest BCUT2D eigenvalue weighted by molar-refractivity contribution is 5.83. The molecule has 106 valence electrons. The fraction of sp³-hybridized carbons (Fsp3) is 0.438. The smallest absolute Gasteiger partial charge is 0.341 e. The highest BCUT2D eigenvalue weighted by atomic mass is 16.5. The van der Waals surface area contributed by atoms with E-state index in [2.05, 4.69) is 17.2 Å². The monoisotopic (exact) mass is 273 g/mol. The van der Waals surface area contributed by atoms with Gasteiger partial charge < -0.3 is 14.8 Å². The molecule has 0 unspecified atom stereocenters. The molecule has 1 atom stereocenters. The summed E-state index contributed by atoms with van der Waals surface area (Å²) in [5.74, 6) is 6.96. The van der Waals surface area contributed by atoms with Gasteiger partial charge >= 0.3 is 5.97 Å². The molecular formula is C16H19NO3. The molecule has 0 heterocycles. The average molecular weight is 273 g/mol. The highest BCUT2D eigenvalue weighted by Crippen LogP contribution is 2.27. The summed E-state index contributed by atoms with van der Waals surface area (Å²) < 4.78 is 10.1. The third kappa shape index (κ3) is 4.20. The molecule has 1 aromatic carbocycles. The number of benzene rings is 1. The third-order valence-corrected chi connectivity index (χ3v) is 2.93. The summed E-state index contributed by atoms with van der Waals surface area (Å²) in [5, 5.41) is 3.09. The van der Waals surface area contributed by atoms with Gasteiger partial charge in [0, 0.05) is 11.6 Å². The van der Waals surface area contributed by atoms with E-state index < -0.39 is 6.04 Å². The molecule has 2 rings (SSSR count). The maximum absolute atomic E-state index is 11.9. The van der Waals surface area contributed by atoms with Crippen LogP contribution in [0.2, 0.25) is 0 Å². The molecule has 0 saturated heterocycles. The van der Waals surface area contributed by atoms with E-state index in [1.807, 2.05) is 24.3 Å². The van der Waals surface area contributed by atoms with Crippen LogP contribution in [0.5, 0.6) is 5.75 Å². The molecule has 0 bridgehead atoms. The van der Waals surface area contributed by atoms with Gasteiger partial charge in [0.1, 0.15) is 5.75 Å². The number of nitrogens with one attached hydrogen (secondary N) is 1. The Morgan fingerprint density at radius 3 is 2.65 bits per heavy atom. The minimum atomic E-state index is -0.621. The Morgan fingerprint density at radius 1 is 1.40 bits per heavy atom. The summed E-state index contributed by atoms with van der Waals surface area (Å²) in [6.07, 6.45) is 2.26. The number of anilines is 1. The zero-order valence-corrected chi connectivity index (χ0v) is 11.8. The number of methoxy groups -OCH3 is 1. The van der Waals surface area contributed by atoms with Crippen LogP contribution in [0.15, 0.2) is 24.3 Å². The Morgan fingerprint density at radius 2 is 2.10 bits per heavy atom. The summed E-state index contributed by atoms with van der Waals surface area (Å²) >= 11 is 0. The topological polar surface area (TPSA) is 47.6 Å². The Bertz CT molecular complexity index is 509. The lowest BCUT2D eigenvalue weighted by atomic mass is 10.2. The Hall–Kier alpha value is -2.15. The van der Waals surface area contributed by atoms with Crippen molar-refractivity contribution in [3.63, 3.8) is 0 Å². The van der Waals surface area contributed by atoms with Crippen molar-refractivity contribution in [3.05, 3.63) is 24.3 Å². The lowest BCUT2D eigenvalue weighted by Gasteiger charge is -2.13. The molecule has 0 spiro atoms. The minimum Gasteiger partial charge on any atom is -0.497 e. The molecule has 1 aliphatic carbocycles. The zero-order valence-electron chi connectivity index (χ0n) is 11.8. The van der Waals surface area contributed by atoms with Crippen molar-refractivity contribution in [2.75, 3.05) is 19.0 Å². The molecule has 4 nitrogen and oxygen atoms in total. The first-order valence-electron chi connectivity index (χ1n) is 6.81. The van der Waals surface area contributed by atoms with E-state index in [1.165, 1.54) is 0 Å². The number of carbonyl (C=O) groups excluding carboxylic acids is 1. The molecule has 20 heavy (non-hydrogen) atoms. The predicted molar refractivity (Wildman–Crippen MR) is 77.5 cm³/mol. The molecule has 0 radical (unpaired) electrons. The van der Waals surface area contributed by atoms with Gasteiger partial charge in [-0.15, -0.1) is 0 Å².